The number of rotatable bonds is 10. The van der Waals surface area contributed by atoms with Crippen LogP contribution < -0.4 is 15.4 Å². The van der Waals surface area contributed by atoms with Crippen molar-refractivity contribution in [1.29, 1.82) is 0 Å². The van der Waals surface area contributed by atoms with Gasteiger partial charge in [-0.2, -0.15) is 0 Å². The Morgan fingerprint density at radius 2 is 1.91 bits per heavy atom. The van der Waals surface area contributed by atoms with Gasteiger partial charge < -0.3 is 25.0 Å². The molecule has 0 aliphatic heterocycles. The molecule has 0 atom stereocenters. The van der Waals surface area contributed by atoms with Crippen LogP contribution in [0.2, 0.25) is 10.0 Å². The van der Waals surface area contributed by atoms with Crippen molar-refractivity contribution in [2.45, 2.75) is 0 Å². The van der Waals surface area contributed by atoms with Crippen molar-refractivity contribution in [1.82, 2.24) is 14.9 Å². The number of methoxy groups -OCH3 is 1. The van der Waals surface area contributed by atoms with E-state index in [1.54, 1.807) is 25.3 Å². The maximum Gasteiger partial charge on any atom is 0.248 e. The molecule has 0 saturated carbocycles. The smallest absolute Gasteiger partial charge is 0.248 e. The van der Waals surface area contributed by atoms with Crippen LogP contribution in [0.1, 0.15) is 0 Å². The second-order valence-corrected chi connectivity index (χ2v) is 8.19. The van der Waals surface area contributed by atoms with E-state index in [1.807, 2.05) is 19.0 Å². The molecule has 0 radical (unpaired) electrons. The zero-order valence-electron chi connectivity index (χ0n) is 18.9. The van der Waals surface area contributed by atoms with E-state index < -0.39 is 5.82 Å². The minimum Gasteiger partial charge on any atom is -0.488 e. The predicted octanol–water partition coefficient (Wildman–Crippen LogP) is 4.90. The monoisotopic (exact) mass is 507 g/mol. The first-order valence-corrected chi connectivity index (χ1v) is 11.0. The van der Waals surface area contributed by atoms with Crippen LogP contribution in [0.3, 0.4) is 0 Å². The van der Waals surface area contributed by atoms with E-state index in [0.29, 0.717) is 35.5 Å². The first kappa shape index (κ1) is 25.6. The molecule has 0 bridgehead atoms. The quantitative estimate of drug-likeness (QED) is 0.229. The Morgan fingerprint density at radius 3 is 2.65 bits per heavy atom. The summed E-state index contributed by atoms with van der Waals surface area (Å²) in [6.07, 6.45) is 4.52. The van der Waals surface area contributed by atoms with Gasteiger partial charge >= 0.3 is 0 Å². The number of nitrogens with one attached hydrogen (secondary N) is 2. The molecule has 0 aliphatic carbocycles. The van der Waals surface area contributed by atoms with Gasteiger partial charge in [-0.25, -0.2) is 14.4 Å². The molecule has 1 amide bonds. The van der Waals surface area contributed by atoms with E-state index >= 15 is 0 Å². The first-order valence-electron chi connectivity index (χ1n) is 10.2. The molecule has 0 aliphatic rings. The molecular formula is C23H24Cl2FN5O3. The summed E-state index contributed by atoms with van der Waals surface area (Å²) in [6.45, 7) is 1.12. The summed E-state index contributed by atoms with van der Waals surface area (Å²) in [5.74, 6) is -0.487. The highest BCUT2D eigenvalue weighted by molar-refractivity contribution is 6.42. The number of hydrogen-bond donors (Lipinski definition) is 2. The molecule has 0 spiro atoms. The van der Waals surface area contributed by atoms with Gasteiger partial charge in [0, 0.05) is 19.7 Å². The van der Waals surface area contributed by atoms with Gasteiger partial charge in [-0.3, -0.25) is 4.79 Å². The molecule has 34 heavy (non-hydrogen) atoms. The van der Waals surface area contributed by atoms with Gasteiger partial charge in [0.2, 0.25) is 5.91 Å². The normalized spacial score (nSPS) is 11.4. The second kappa shape index (κ2) is 11.9. The van der Waals surface area contributed by atoms with Crippen molar-refractivity contribution in [3.63, 3.8) is 0 Å². The van der Waals surface area contributed by atoms with Gasteiger partial charge in [-0.15, -0.1) is 0 Å². The summed E-state index contributed by atoms with van der Waals surface area (Å²) in [6, 6.07) is 6.30. The molecule has 2 N–H and O–H groups in total. The number of likely N-dealkylation sites (N-methyl/N-ethyl adjacent to an activating group) is 1. The molecule has 3 rings (SSSR count). The molecule has 0 unspecified atom stereocenters. The molecule has 3 aromatic rings. The highest BCUT2D eigenvalue weighted by atomic mass is 35.5. The van der Waals surface area contributed by atoms with E-state index in [0.717, 1.165) is 0 Å². The molecule has 1 aromatic heterocycles. The number of benzene rings is 2. The molecule has 1 heterocycles. The van der Waals surface area contributed by atoms with E-state index in [-0.39, 0.29) is 34.1 Å². The Balaban J connectivity index is 2.04. The number of amides is 1. The van der Waals surface area contributed by atoms with Gasteiger partial charge in [-0.05, 0) is 38.4 Å². The fourth-order valence-electron chi connectivity index (χ4n) is 2.99. The maximum atomic E-state index is 14.7. The molecule has 0 fully saturated rings. The van der Waals surface area contributed by atoms with E-state index in [2.05, 4.69) is 20.6 Å². The van der Waals surface area contributed by atoms with E-state index in [1.165, 1.54) is 24.5 Å². The number of ether oxygens (including phenoxy) is 2. The average Bonchev–Trinajstić information content (AvgIpc) is 2.80. The summed E-state index contributed by atoms with van der Waals surface area (Å²) in [4.78, 5) is 23.0. The van der Waals surface area contributed by atoms with Crippen LogP contribution in [0, 0.1) is 5.82 Å². The minimum atomic E-state index is -0.724. The Labute approximate surface area is 206 Å². The zero-order chi connectivity index (χ0) is 24.7. The molecule has 2 aromatic carbocycles. The minimum absolute atomic E-state index is 0.0679. The first-order chi connectivity index (χ1) is 16.3. The summed E-state index contributed by atoms with van der Waals surface area (Å²) in [7, 11) is 5.35. The number of nitrogens with zero attached hydrogens (tertiary/aromatic N) is 3. The maximum absolute atomic E-state index is 14.7. The molecule has 0 saturated heterocycles. The lowest BCUT2D eigenvalue weighted by Crippen LogP contribution is -2.14. The van der Waals surface area contributed by atoms with E-state index in [9.17, 15) is 9.18 Å². The number of anilines is 3. The van der Waals surface area contributed by atoms with Crippen molar-refractivity contribution >= 4 is 57.2 Å². The van der Waals surface area contributed by atoms with E-state index in [4.69, 9.17) is 32.7 Å². The third-order valence-corrected chi connectivity index (χ3v) is 5.36. The Hall–Kier alpha value is -2.98. The van der Waals surface area contributed by atoms with Crippen LogP contribution in [-0.4, -0.2) is 61.7 Å². The topological polar surface area (TPSA) is 88.6 Å². The number of carbonyl (C=O) groups is 1. The van der Waals surface area contributed by atoms with Gasteiger partial charge in [0.05, 0.1) is 38.9 Å². The summed E-state index contributed by atoms with van der Waals surface area (Å²) in [5, 5.41) is 6.07. The third-order valence-electron chi connectivity index (χ3n) is 4.58. The van der Waals surface area contributed by atoms with Crippen LogP contribution in [0.5, 0.6) is 5.75 Å². The fourth-order valence-corrected chi connectivity index (χ4v) is 3.30. The molecule has 8 nitrogen and oxygen atoms in total. The zero-order valence-corrected chi connectivity index (χ0v) is 20.4. The molecule has 180 valence electrons. The lowest BCUT2D eigenvalue weighted by molar-refractivity contribution is -0.111. The third kappa shape index (κ3) is 6.32. The van der Waals surface area contributed by atoms with Crippen LogP contribution in [0.25, 0.3) is 10.9 Å². The second-order valence-electron chi connectivity index (χ2n) is 7.40. The van der Waals surface area contributed by atoms with Crippen molar-refractivity contribution in [2.24, 2.45) is 0 Å². The van der Waals surface area contributed by atoms with Crippen molar-refractivity contribution in [3.8, 4) is 5.75 Å². The number of carbonyl (C=O) groups excluding carboxylic acids is 1. The van der Waals surface area contributed by atoms with Crippen LogP contribution >= 0.6 is 23.2 Å². The van der Waals surface area contributed by atoms with Gasteiger partial charge in [0.15, 0.2) is 11.6 Å². The summed E-state index contributed by atoms with van der Waals surface area (Å²) in [5.41, 5.74) is 0.986. The lowest BCUT2D eigenvalue weighted by Gasteiger charge is -2.17. The van der Waals surface area contributed by atoms with Crippen LogP contribution in [0.4, 0.5) is 21.6 Å². The van der Waals surface area contributed by atoms with Crippen molar-refractivity contribution < 1.29 is 18.7 Å². The molecule has 11 heteroatoms. The number of aromatic nitrogens is 2. The summed E-state index contributed by atoms with van der Waals surface area (Å²) < 4.78 is 25.7. The highest BCUT2D eigenvalue weighted by Crippen LogP contribution is 2.39. The predicted molar refractivity (Wildman–Crippen MR) is 133 cm³/mol. The van der Waals surface area contributed by atoms with Gasteiger partial charge in [0.25, 0.3) is 0 Å². The highest BCUT2D eigenvalue weighted by Gasteiger charge is 2.18. The van der Waals surface area contributed by atoms with Crippen molar-refractivity contribution in [3.05, 3.63) is 58.6 Å². The standard InChI is InChI=1S/C23H24Cl2FN5O3/c1-31(2)10-4-5-18(32)29-17-9-8-15-19(22(17)34-12-11-33-3)23(28-13-27-15)30-16-7-6-14(24)20(25)21(16)26/h4-9,13H,10-12H2,1-3H3,(H,29,32)(H,27,28,30)/b5-4+. The van der Waals surface area contributed by atoms with Gasteiger partial charge in [0.1, 0.15) is 18.8 Å². The lowest BCUT2D eigenvalue weighted by atomic mass is 10.1. The molecular weight excluding hydrogens is 484 g/mol. The average molecular weight is 508 g/mol. The number of hydrogen-bond acceptors (Lipinski definition) is 7. The number of halogens is 3. The van der Waals surface area contributed by atoms with Crippen LogP contribution in [0.15, 0.2) is 42.7 Å². The van der Waals surface area contributed by atoms with Crippen molar-refractivity contribution in [2.75, 3.05) is 51.6 Å². The van der Waals surface area contributed by atoms with Crippen LogP contribution in [-0.2, 0) is 9.53 Å². The van der Waals surface area contributed by atoms with Gasteiger partial charge in [-0.1, -0.05) is 29.3 Å². The Morgan fingerprint density at radius 1 is 1.15 bits per heavy atom. The SMILES string of the molecule is COCCOc1c(NC(=O)/C=C/CN(C)C)ccc2ncnc(Nc3ccc(Cl)c(Cl)c3F)c12. The largest absolute Gasteiger partial charge is 0.488 e. The Kier molecular flexibility index (Phi) is 9.00. The number of fused-ring (bicyclic) bond motifs is 1. The Bertz CT molecular complexity index is 1210. The summed E-state index contributed by atoms with van der Waals surface area (Å²) >= 11 is 11.8. The fraction of sp³-hybridized carbons (Fsp3) is 0.261.